The summed E-state index contributed by atoms with van der Waals surface area (Å²) in [7, 11) is 0. The molecule has 0 aliphatic heterocycles. The van der Waals surface area contributed by atoms with E-state index in [-0.39, 0.29) is 5.39 Å². The zero-order chi connectivity index (χ0) is 57.5. The summed E-state index contributed by atoms with van der Waals surface area (Å²) in [5.74, 6) is 0. The Balaban J connectivity index is 1.44. The Morgan fingerprint density at radius 1 is 0.347 bits per heavy atom. The van der Waals surface area contributed by atoms with Gasteiger partial charge in [-0.1, -0.05) is 169 Å². The third kappa shape index (κ3) is 4.40. The van der Waals surface area contributed by atoms with Crippen LogP contribution in [0, 0.1) is 0 Å². The number of hydrogen-bond donors (Lipinski definition) is 0. The highest BCUT2D eigenvalue weighted by molar-refractivity contribution is 6.24. The van der Waals surface area contributed by atoms with Gasteiger partial charge in [-0.3, -0.25) is 0 Å². The van der Waals surface area contributed by atoms with Crippen molar-refractivity contribution < 1.29 is 44.2 Å². The van der Waals surface area contributed by atoms with Gasteiger partial charge < -0.3 is 4.42 Å². The van der Waals surface area contributed by atoms with Gasteiger partial charge in [0.15, 0.2) is 0 Å². The summed E-state index contributed by atoms with van der Waals surface area (Å²) in [6, 6.07) is -25.5. The van der Waals surface area contributed by atoms with E-state index in [0.717, 1.165) is 6.07 Å². The van der Waals surface area contributed by atoms with Crippen molar-refractivity contribution in [2.75, 3.05) is 0 Å². The zero-order valence-corrected chi connectivity index (χ0v) is 24.5. The topological polar surface area (TPSA) is 13.1 Å². The van der Waals surface area contributed by atoms with Crippen molar-refractivity contribution in [1.82, 2.24) is 0 Å². The second-order valence-corrected chi connectivity index (χ2v) is 10.6. The molecule has 0 bridgehead atoms. The molecule has 1 heteroatoms. The quantitative estimate of drug-likeness (QED) is 0.173. The molecular formula is C48H30O. The van der Waals surface area contributed by atoms with Crippen molar-refractivity contribution in [2.45, 2.75) is 0 Å². The molecule has 49 heavy (non-hydrogen) atoms. The molecule has 228 valence electrons. The Labute approximate surface area is 325 Å². The lowest BCUT2D eigenvalue weighted by Crippen LogP contribution is -1.91. The smallest absolute Gasteiger partial charge is 0.143 e. The molecule has 10 rings (SSSR count). The summed E-state index contributed by atoms with van der Waals surface area (Å²) < 4.78 is 266. The van der Waals surface area contributed by atoms with E-state index < -0.39 is 269 Å². The van der Waals surface area contributed by atoms with Crippen LogP contribution in [0.5, 0.6) is 0 Å². The molecule has 0 N–H and O–H groups in total. The average molecular weight is 652 g/mol. The number of hydrogen-bond acceptors (Lipinski definition) is 1. The maximum Gasteiger partial charge on any atom is 0.143 e. The summed E-state index contributed by atoms with van der Waals surface area (Å²) in [5, 5.41) is -4.84. The fraction of sp³-hybridized carbons (Fsp3) is 0. The van der Waals surface area contributed by atoms with E-state index in [9.17, 15) is 13.7 Å². The minimum Gasteiger partial charge on any atom is -0.455 e. The standard InChI is InChI=1S/C48H30O/c1-2-12-31(13-3-1)35-28-29-45-44(30-35)42-22-11-23-43(48(42)49-45)47-40-19-8-6-17-38(40)46(39-18-7-9-20-41(39)47)34-26-24-33(25-27-34)37-21-10-15-32-14-4-5-16-36(32)37/h1-30H/i1D,2D,3D,4D,5D,6D,7D,8D,9D,10D,11D,12D,13D,14D,15D,16D,17D,18D,19D,20D,21D,23D,24D,25D,26D,27D,28D,29D,30D. The van der Waals surface area contributed by atoms with Gasteiger partial charge in [-0.25, -0.2) is 0 Å². The predicted octanol–water partition coefficient (Wildman–Crippen LogP) is 13.7. The van der Waals surface area contributed by atoms with Crippen LogP contribution in [0.3, 0.4) is 0 Å². The molecule has 10 aromatic rings. The van der Waals surface area contributed by atoms with E-state index >= 15 is 0 Å². The summed E-state index contributed by atoms with van der Waals surface area (Å²) >= 11 is 0. The van der Waals surface area contributed by atoms with Gasteiger partial charge in [0.2, 0.25) is 0 Å². The van der Waals surface area contributed by atoms with E-state index in [0.29, 0.717) is 0 Å². The van der Waals surface area contributed by atoms with Crippen LogP contribution >= 0.6 is 0 Å². The molecule has 1 nitrogen and oxygen atoms in total. The Morgan fingerprint density at radius 2 is 0.918 bits per heavy atom. The summed E-state index contributed by atoms with van der Waals surface area (Å²) in [4.78, 5) is 0. The van der Waals surface area contributed by atoms with Crippen LogP contribution in [0.25, 0.3) is 98.8 Å². The highest BCUT2D eigenvalue weighted by atomic mass is 16.3. The number of rotatable bonds is 4. The third-order valence-electron chi connectivity index (χ3n) is 7.95. The molecule has 0 aliphatic carbocycles. The molecule has 0 radical (unpaired) electrons. The van der Waals surface area contributed by atoms with Crippen molar-refractivity contribution in [2.24, 2.45) is 0 Å². The van der Waals surface area contributed by atoms with E-state index in [1.807, 2.05) is 0 Å². The SMILES string of the molecule is [2H]c1cc2c(oc3c([2H])c([2H])c(-c4c([2H])c([2H])c([2H])c([2H])c4[2H])c([2H])c32)c(-c2c3c([2H])c([2H])c([2H])c([2H])c3c(-c3c([2H])c([2H])c(-c4c([2H])c([2H])c([2H])c5c([2H])c([2H])c([2H])c([2H])c45)c([2H])c3[2H])c3c([2H])c([2H])c([2H])c([2H])c23)c1[2H]. The molecule has 0 unspecified atom stereocenters. The Morgan fingerprint density at radius 3 is 1.65 bits per heavy atom. The van der Waals surface area contributed by atoms with Gasteiger partial charge in [0.25, 0.3) is 0 Å². The van der Waals surface area contributed by atoms with Crippen molar-refractivity contribution in [1.29, 1.82) is 0 Å². The Kier molecular flexibility index (Phi) is 2.56. The fourth-order valence-corrected chi connectivity index (χ4v) is 5.86. The van der Waals surface area contributed by atoms with E-state index in [1.165, 1.54) is 0 Å². The zero-order valence-electron chi connectivity index (χ0n) is 53.5. The maximum atomic E-state index is 9.60. The van der Waals surface area contributed by atoms with Crippen LogP contribution < -0.4 is 0 Å². The van der Waals surface area contributed by atoms with Crippen LogP contribution in [0.15, 0.2) is 186 Å². The number of furan rings is 1. The van der Waals surface area contributed by atoms with Gasteiger partial charge in [-0.05, 0) is 77.8 Å². The van der Waals surface area contributed by atoms with Gasteiger partial charge in [0, 0.05) is 21.9 Å². The molecule has 0 fully saturated rings. The lowest BCUT2D eigenvalue weighted by atomic mass is 9.85. The fourth-order valence-electron chi connectivity index (χ4n) is 5.86. The number of fused-ring (bicyclic) bond motifs is 6. The van der Waals surface area contributed by atoms with Crippen molar-refractivity contribution >= 4 is 54.3 Å². The Bertz CT molecular complexity index is 4390. The molecular weight excluding hydrogens is 593 g/mol. The van der Waals surface area contributed by atoms with Gasteiger partial charge in [0.1, 0.15) is 11.2 Å². The van der Waals surface area contributed by atoms with Gasteiger partial charge in [0.05, 0.1) is 39.8 Å². The lowest BCUT2D eigenvalue weighted by molar-refractivity contribution is 0.670. The lowest BCUT2D eigenvalue weighted by Gasteiger charge is -2.18. The Hall–Kier alpha value is -6.44. The van der Waals surface area contributed by atoms with E-state index in [1.54, 1.807) is 0 Å². The summed E-state index contributed by atoms with van der Waals surface area (Å²) in [5.41, 5.74) is -6.91. The molecule has 0 spiro atoms. The van der Waals surface area contributed by atoms with Crippen LogP contribution in [0.2, 0.25) is 0 Å². The van der Waals surface area contributed by atoms with Crippen molar-refractivity contribution in [3.8, 4) is 44.5 Å². The van der Waals surface area contributed by atoms with Crippen LogP contribution in [-0.2, 0) is 0 Å². The largest absolute Gasteiger partial charge is 0.455 e. The van der Waals surface area contributed by atoms with Gasteiger partial charge in [-0.2, -0.15) is 0 Å². The first-order valence-corrected chi connectivity index (χ1v) is 14.5. The normalized spacial score (nSPS) is 20.0. The average Bonchev–Trinajstić information content (AvgIpc) is 3.21. The molecule has 1 aromatic heterocycles. The van der Waals surface area contributed by atoms with Gasteiger partial charge >= 0.3 is 0 Å². The number of para-hydroxylation sites is 1. The second-order valence-electron chi connectivity index (χ2n) is 10.6. The molecule has 0 saturated carbocycles. The van der Waals surface area contributed by atoms with Crippen LogP contribution in [0.4, 0.5) is 0 Å². The minimum absolute atomic E-state index is 0.323. The first-order valence-electron chi connectivity index (χ1n) is 29.0. The van der Waals surface area contributed by atoms with Gasteiger partial charge in [-0.15, -0.1) is 0 Å². The van der Waals surface area contributed by atoms with Crippen LogP contribution in [-0.4, -0.2) is 0 Å². The highest BCUT2D eigenvalue weighted by Gasteiger charge is 2.20. The molecule has 9 aromatic carbocycles. The predicted molar refractivity (Wildman–Crippen MR) is 208 cm³/mol. The first-order chi connectivity index (χ1) is 36.4. The molecule has 0 aliphatic rings. The van der Waals surface area contributed by atoms with Crippen molar-refractivity contribution in [3.05, 3.63) is 181 Å². The summed E-state index contributed by atoms with van der Waals surface area (Å²) in [6.45, 7) is 0. The molecule has 0 amide bonds. The van der Waals surface area contributed by atoms with E-state index in [4.69, 9.17) is 30.5 Å². The highest BCUT2D eigenvalue weighted by Crippen LogP contribution is 2.47. The molecule has 1 heterocycles. The third-order valence-corrected chi connectivity index (χ3v) is 7.95. The monoisotopic (exact) mass is 651 g/mol. The molecule has 0 atom stereocenters. The number of benzene rings is 9. The van der Waals surface area contributed by atoms with E-state index in [2.05, 4.69) is 0 Å². The summed E-state index contributed by atoms with van der Waals surface area (Å²) in [6.07, 6.45) is 0. The first kappa shape index (κ1) is 11.3. The van der Waals surface area contributed by atoms with Crippen LogP contribution in [0.1, 0.15) is 39.8 Å². The second kappa shape index (κ2) is 11.1. The maximum absolute atomic E-state index is 9.60. The molecule has 0 saturated heterocycles. The minimum atomic E-state index is -1.10. The van der Waals surface area contributed by atoms with Crippen molar-refractivity contribution in [3.63, 3.8) is 0 Å².